The Kier molecular flexibility index (Phi) is 6.59. The van der Waals surface area contributed by atoms with E-state index in [2.05, 4.69) is 6.58 Å². The molecule has 0 bridgehead atoms. The number of benzene rings is 1. The molecular formula is C16H21NO5. The summed E-state index contributed by atoms with van der Waals surface area (Å²) in [4.78, 5) is 23.8. The van der Waals surface area contributed by atoms with Crippen LogP contribution in [-0.4, -0.2) is 48.0 Å². The highest BCUT2D eigenvalue weighted by Crippen LogP contribution is 2.15. The second-order valence-corrected chi connectivity index (χ2v) is 5.14. The van der Waals surface area contributed by atoms with Gasteiger partial charge in [0.05, 0.1) is 0 Å². The minimum absolute atomic E-state index is 0.0405. The maximum absolute atomic E-state index is 11.3. The number of hydrogen-bond donors (Lipinski definition) is 2. The summed E-state index contributed by atoms with van der Waals surface area (Å²) in [6.45, 7) is 6.45. The number of esters is 1. The highest BCUT2D eigenvalue weighted by Gasteiger charge is 2.17. The van der Waals surface area contributed by atoms with Crippen molar-refractivity contribution in [2.75, 3.05) is 24.6 Å². The molecule has 1 aromatic carbocycles. The first-order valence-electron chi connectivity index (χ1n) is 6.83. The molecule has 1 unspecified atom stereocenters. The van der Waals surface area contributed by atoms with E-state index in [9.17, 15) is 14.7 Å². The number of carboxylic acids is 1. The number of anilines is 1. The molecular weight excluding hydrogens is 286 g/mol. The minimum atomic E-state index is -1.01. The second kappa shape index (κ2) is 8.19. The zero-order valence-electron chi connectivity index (χ0n) is 12.8. The van der Waals surface area contributed by atoms with Crippen LogP contribution in [0, 0.1) is 6.92 Å². The molecule has 2 N–H and O–H groups in total. The second-order valence-electron chi connectivity index (χ2n) is 5.14. The first-order valence-corrected chi connectivity index (χ1v) is 6.83. The van der Waals surface area contributed by atoms with Crippen LogP contribution in [0.15, 0.2) is 36.4 Å². The fraction of sp³-hybridized carbons (Fsp3) is 0.375. The number of carboxylic acid groups (broad SMARTS) is 1. The van der Waals surface area contributed by atoms with Crippen molar-refractivity contribution in [3.05, 3.63) is 42.0 Å². The summed E-state index contributed by atoms with van der Waals surface area (Å²) in [5.41, 5.74) is 1.97. The summed E-state index contributed by atoms with van der Waals surface area (Å²) >= 11 is 0. The van der Waals surface area contributed by atoms with E-state index in [4.69, 9.17) is 9.84 Å². The van der Waals surface area contributed by atoms with Crippen molar-refractivity contribution in [3.63, 3.8) is 0 Å². The molecule has 0 aliphatic heterocycles. The van der Waals surface area contributed by atoms with Crippen LogP contribution in [0.3, 0.4) is 0 Å². The summed E-state index contributed by atoms with van der Waals surface area (Å²) in [6.07, 6.45) is -0.996. The zero-order chi connectivity index (χ0) is 16.7. The number of carbonyl (C=O) groups excluding carboxylic acids is 1. The minimum Gasteiger partial charge on any atom is -0.480 e. The molecule has 1 rings (SSSR count). The Balaban J connectivity index is 2.68. The van der Waals surface area contributed by atoms with E-state index in [0.717, 1.165) is 5.56 Å². The van der Waals surface area contributed by atoms with E-state index in [1.54, 1.807) is 12.1 Å². The van der Waals surface area contributed by atoms with Crippen molar-refractivity contribution in [3.8, 4) is 0 Å². The average Bonchev–Trinajstić information content (AvgIpc) is 2.44. The fourth-order valence-corrected chi connectivity index (χ4v) is 1.78. The third-order valence-corrected chi connectivity index (χ3v) is 2.91. The van der Waals surface area contributed by atoms with E-state index >= 15 is 0 Å². The predicted molar refractivity (Wildman–Crippen MR) is 82.8 cm³/mol. The topological polar surface area (TPSA) is 87.1 Å². The molecule has 0 fully saturated rings. The summed E-state index contributed by atoms with van der Waals surface area (Å²) in [5, 5.41) is 18.9. The first-order chi connectivity index (χ1) is 10.3. The van der Waals surface area contributed by atoms with Crippen LogP contribution in [0.25, 0.3) is 0 Å². The molecule has 1 atom stereocenters. The SMILES string of the molecule is C=C(C)C(=O)OCC(O)CN(CC(=O)O)c1ccc(C)cc1. The summed E-state index contributed by atoms with van der Waals surface area (Å²) in [7, 11) is 0. The van der Waals surface area contributed by atoms with Gasteiger partial charge in [0.2, 0.25) is 0 Å². The average molecular weight is 307 g/mol. The van der Waals surface area contributed by atoms with E-state index in [1.165, 1.54) is 11.8 Å². The van der Waals surface area contributed by atoms with Crippen molar-refractivity contribution in [2.45, 2.75) is 20.0 Å². The molecule has 120 valence electrons. The van der Waals surface area contributed by atoms with E-state index in [1.807, 2.05) is 19.1 Å². The number of hydrogen-bond acceptors (Lipinski definition) is 5. The number of aliphatic hydroxyl groups is 1. The fourth-order valence-electron chi connectivity index (χ4n) is 1.78. The molecule has 6 heteroatoms. The van der Waals surface area contributed by atoms with Gasteiger partial charge in [-0.05, 0) is 26.0 Å². The van der Waals surface area contributed by atoms with Gasteiger partial charge in [-0.3, -0.25) is 4.79 Å². The van der Waals surface area contributed by atoms with Crippen LogP contribution in [-0.2, 0) is 14.3 Å². The first kappa shape index (κ1) is 17.7. The zero-order valence-corrected chi connectivity index (χ0v) is 12.8. The van der Waals surface area contributed by atoms with Crippen LogP contribution in [0.5, 0.6) is 0 Å². The van der Waals surface area contributed by atoms with Gasteiger partial charge in [0.15, 0.2) is 0 Å². The Morgan fingerprint density at radius 1 is 1.32 bits per heavy atom. The van der Waals surface area contributed by atoms with Crippen LogP contribution in [0.2, 0.25) is 0 Å². The molecule has 0 amide bonds. The lowest BCUT2D eigenvalue weighted by molar-refractivity contribution is -0.142. The Bertz CT molecular complexity index is 538. The maximum atomic E-state index is 11.3. The van der Waals surface area contributed by atoms with Crippen molar-refractivity contribution >= 4 is 17.6 Å². The van der Waals surface area contributed by atoms with Gasteiger partial charge in [-0.1, -0.05) is 24.3 Å². The smallest absolute Gasteiger partial charge is 0.333 e. The monoisotopic (exact) mass is 307 g/mol. The van der Waals surface area contributed by atoms with Gasteiger partial charge >= 0.3 is 11.9 Å². The highest BCUT2D eigenvalue weighted by molar-refractivity contribution is 5.86. The Morgan fingerprint density at radius 3 is 2.41 bits per heavy atom. The van der Waals surface area contributed by atoms with E-state index in [-0.39, 0.29) is 25.3 Å². The Hall–Kier alpha value is -2.34. The Labute approximate surface area is 129 Å². The van der Waals surface area contributed by atoms with Gasteiger partial charge in [-0.25, -0.2) is 4.79 Å². The number of aliphatic hydroxyl groups excluding tert-OH is 1. The van der Waals surface area contributed by atoms with Gasteiger partial charge in [-0.2, -0.15) is 0 Å². The molecule has 22 heavy (non-hydrogen) atoms. The number of nitrogens with zero attached hydrogens (tertiary/aromatic N) is 1. The number of aryl methyl sites for hydroxylation is 1. The normalized spacial score (nSPS) is 11.6. The lowest BCUT2D eigenvalue weighted by Crippen LogP contribution is -2.38. The Morgan fingerprint density at radius 2 is 1.91 bits per heavy atom. The third-order valence-electron chi connectivity index (χ3n) is 2.91. The summed E-state index contributed by atoms with van der Waals surface area (Å²) < 4.78 is 4.86. The van der Waals surface area contributed by atoms with Crippen LogP contribution in [0.1, 0.15) is 12.5 Å². The highest BCUT2D eigenvalue weighted by atomic mass is 16.5. The lowest BCUT2D eigenvalue weighted by atomic mass is 10.2. The number of carbonyl (C=O) groups is 2. The van der Waals surface area contributed by atoms with Crippen molar-refractivity contribution in [1.29, 1.82) is 0 Å². The van der Waals surface area contributed by atoms with Gasteiger partial charge in [0.1, 0.15) is 19.3 Å². The van der Waals surface area contributed by atoms with Gasteiger partial charge in [0, 0.05) is 17.8 Å². The van der Waals surface area contributed by atoms with Gasteiger partial charge in [-0.15, -0.1) is 0 Å². The molecule has 0 radical (unpaired) electrons. The van der Waals surface area contributed by atoms with Crippen LogP contribution >= 0.6 is 0 Å². The largest absolute Gasteiger partial charge is 0.480 e. The lowest BCUT2D eigenvalue weighted by Gasteiger charge is -2.25. The molecule has 1 aromatic rings. The molecule has 0 saturated carbocycles. The van der Waals surface area contributed by atoms with Crippen LogP contribution < -0.4 is 4.90 Å². The maximum Gasteiger partial charge on any atom is 0.333 e. The predicted octanol–water partition coefficient (Wildman–Crippen LogP) is 1.37. The number of ether oxygens (including phenoxy) is 1. The summed E-state index contributed by atoms with van der Waals surface area (Å²) in [6, 6.07) is 7.28. The van der Waals surface area contributed by atoms with E-state index in [0.29, 0.717) is 5.69 Å². The molecule has 0 aromatic heterocycles. The van der Waals surface area contributed by atoms with Crippen LogP contribution in [0.4, 0.5) is 5.69 Å². The molecule has 0 aliphatic carbocycles. The molecule has 0 spiro atoms. The van der Waals surface area contributed by atoms with Crippen molar-refractivity contribution in [1.82, 2.24) is 0 Å². The van der Waals surface area contributed by atoms with Gasteiger partial charge in [0.25, 0.3) is 0 Å². The van der Waals surface area contributed by atoms with Crippen molar-refractivity contribution in [2.24, 2.45) is 0 Å². The summed E-state index contributed by atoms with van der Waals surface area (Å²) in [5.74, 6) is -1.59. The quantitative estimate of drug-likeness (QED) is 0.557. The molecule has 0 heterocycles. The van der Waals surface area contributed by atoms with Crippen molar-refractivity contribution < 1.29 is 24.5 Å². The standard InChI is InChI=1S/C16H21NO5/c1-11(2)16(21)22-10-14(18)8-17(9-15(19)20)13-6-4-12(3)5-7-13/h4-7,14,18H,1,8-10H2,2-3H3,(H,19,20). The number of rotatable bonds is 8. The molecule has 0 aliphatic rings. The third kappa shape index (κ3) is 5.97. The number of aliphatic carboxylic acids is 1. The molecule has 0 saturated heterocycles. The van der Waals surface area contributed by atoms with E-state index < -0.39 is 18.0 Å². The van der Waals surface area contributed by atoms with Gasteiger partial charge < -0.3 is 19.8 Å². The molecule has 6 nitrogen and oxygen atoms in total.